The SMILES string of the molecule is Cc1nn(Cc2cccc3c2CCOC3)c(C)c1C1CCCC(=O)N1. The van der Waals surface area contributed by atoms with Gasteiger partial charge in [-0.1, -0.05) is 18.2 Å². The minimum absolute atomic E-state index is 0.105. The van der Waals surface area contributed by atoms with Gasteiger partial charge >= 0.3 is 0 Å². The molecule has 0 spiro atoms. The van der Waals surface area contributed by atoms with Gasteiger partial charge in [0.2, 0.25) is 5.91 Å². The molecule has 1 atom stereocenters. The lowest BCUT2D eigenvalue weighted by atomic mass is 9.95. The molecule has 0 radical (unpaired) electrons. The number of nitrogens with one attached hydrogen (secondary N) is 1. The molecule has 3 heterocycles. The first-order valence-corrected chi connectivity index (χ1v) is 9.14. The number of aryl methyl sites for hydroxylation is 1. The van der Waals surface area contributed by atoms with Crippen LogP contribution in [0.25, 0.3) is 0 Å². The van der Waals surface area contributed by atoms with Gasteiger partial charge in [-0.25, -0.2) is 0 Å². The third-order valence-electron chi connectivity index (χ3n) is 5.46. The summed E-state index contributed by atoms with van der Waals surface area (Å²) in [5, 5.41) is 7.92. The van der Waals surface area contributed by atoms with E-state index in [0.29, 0.717) is 13.0 Å². The molecule has 0 bridgehead atoms. The number of amides is 1. The van der Waals surface area contributed by atoms with E-state index in [0.717, 1.165) is 43.8 Å². The Kier molecular flexibility index (Phi) is 4.34. The maximum atomic E-state index is 11.8. The predicted octanol–water partition coefficient (Wildman–Crippen LogP) is 2.96. The van der Waals surface area contributed by atoms with Gasteiger partial charge in [-0.05, 0) is 49.8 Å². The first-order valence-electron chi connectivity index (χ1n) is 9.14. The summed E-state index contributed by atoms with van der Waals surface area (Å²) >= 11 is 0. The van der Waals surface area contributed by atoms with Crippen molar-refractivity contribution in [1.82, 2.24) is 15.1 Å². The van der Waals surface area contributed by atoms with Crippen molar-refractivity contribution in [2.45, 2.75) is 58.7 Å². The van der Waals surface area contributed by atoms with E-state index in [1.165, 1.54) is 22.3 Å². The van der Waals surface area contributed by atoms with Gasteiger partial charge < -0.3 is 10.1 Å². The number of nitrogens with zero attached hydrogens (tertiary/aromatic N) is 2. The number of aromatic nitrogens is 2. The zero-order valence-electron chi connectivity index (χ0n) is 15.0. The third kappa shape index (κ3) is 3.09. The van der Waals surface area contributed by atoms with Crippen LogP contribution in [-0.2, 0) is 29.1 Å². The van der Waals surface area contributed by atoms with Crippen LogP contribution in [0.2, 0.25) is 0 Å². The first kappa shape index (κ1) is 16.3. The summed E-state index contributed by atoms with van der Waals surface area (Å²) in [5.74, 6) is 0.153. The molecule has 0 aliphatic carbocycles. The molecule has 1 aromatic heterocycles. The lowest BCUT2D eigenvalue weighted by Crippen LogP contribution is -2.33. The van der Waals surface area contributed by atoms with Crippen molar-refractivity contribution < 1.29 is 9.53 Å². The lowest BCUT2D eigenvalue weighted by Gasteiger charge is -2.24. The summed E-state index contributed by atoms with van der Waals surface area (Å²) < 4.78 is 7.67. The molecular formula is C20H25N3O2. The van der Waals surface area contributed by atoms with Crippen molar-refractivity contribution in [2.24, 2.45) is 0 Å². The number of hydrogen-bond acceptors (Lipinski definition) is 3. The van der Waals surface area contributed by atoms with Crippen LogP contribution in [0.3, 0.4) is 0 Å². The highest BCUT2D eigenvalue weighted by Crippen LogP contribution is 2.29. The summed E-state index contributed by atoms with van der Waals surface area (Å²) in [7, 11) is 0. The van der Waals surface area contributed by atoms with E-state index in [4.69, 9.17) is 9.84 Å². The van der Waals surface area contributed by atoms with Crippen molar-refractivity contribution in [3.63, 3.8) is 0 Å². The van der Waals surface area contributed by atoms with E-state index in [1.807, 2.05) is 6.92 Å². The van der Waals surface area contributed by atoms with E-state index in [2.05, 4.69) is 35.1 Å². The Bertz CT molecular complexity index is 810. The van der Waals surface area contributed by atoms with Crippen molar-refractivity contribution in [2.75, 3.05) is 6.61 Å². The molecule has 1 unspecified atom stereocenters. The number of rotatable bonds is 3. The quantitative estimate of drug-likeness (QED) is 0.935. The molecule has 1 fully saturated rings. The summed E-state index contributed by atoms with van der Waals surface area (Å²) in [4.78, 5) is 11.8. The van der Waals surface area contributed by atoms with Crippen molar-refractivity contribution in [1.29, 1.82) is 0 Å². The Balaban J connectivity index is 1.64. The van der Waals surface area contributed by atoms with Crippen molar-refractivity contribution in [3.05, 3.63) is 51.8 Å². The zero-order chi connectivity index (χ0) is 17.4. The minimum atomic E-state index is 0.105. The summed E-state index contributed by atoms with van der Waals surface area (Å²) in [5.41, 5.74) is 7.41. The van der Waals surface area contributed by atoms with Crippen LogP contribution in [0.4, 0.5) is 0 Å². The van der Waals surface area contributed by atoms with Crippen molar-refractivity contribution in [3.8, 4) is 0 Å². The summed E-state index contributed by atoms with van der Waals surface area (Å²) in [6.45, 7) is 6.44. The molecule has 2 aliphatic rings. The maximum absolute atomic E-state index is 11.8. The molecule has 1 N–H and O–H groups in total. The second kappa shape index (κ2) is 6.64. The Morgan fingerprint density at radius 2 is 2.20 bits per heavy atom. The number of benzene rings is 1. The fourth-order valence-corrected chi connectivity index (χ4v) is 4.20. The molecule has 4 rings (SSSR count). The maximum Gasteiger partial charge on any atom is 0.220 e. The molecule has 5 nitrogen and oxygen atoms in total. The molecule has 2 aromatic rings. The molecule has 1 aromatic carbocycles. The first-order chi connectivity index (χ1) is 12.1. The van der Waals surface area contributed by atoms with Crippen LogP contribution in [0.5, 0.6) is 0 Å². The van der Waals surface area contributed by atoms with Crippen molar-refractivity contribution >= 4 is 5.91 Å². The summed E-state index contributed by atoms with van der Waals surface area (Å²) in [6.07, 6.45) is 3.56. The van der Waals surface area contributed by atoms with Crippen LogP contribution in [-0.4, -0.2) is 22.3 Å². The molecule has 132 valence electrons. The zero-order valence-corrected chi connectivity index (χ0v) is 15.0. The van der Waals surface area contributed by atoms with E-state index in [1.54, 1.807) is 0 Å². The van der Waals surface area contributed by atoms with Gasteiger partial charge in [0.05, 0.1) is 31.5 Å². The summed E-state index contributed by atoms with van der Waals surface area (Å²) in [6, 6.07) is 6.56. The normalized spacial score (nSPS) is 20.2. The van der Waals surface area contributed by atoms with Crippen LogP contribution in [0.15, 0.2) is 18.2 Å². The molecule has 5 heteroatoms. The third-order valence-corrected chi connectivity index (χ3v) is 5.46. The Morgan fingerprint density at radius 3 is 3.04 bits per heavy atom. The Morgan fingerprint density at radius 1 is 1.32 bits per heavy atom. The molecule has 25 heavy (non-hydrogen) atoms. The highest BCUT2D eigenvalue weighted by Gasteiger charge is 2.26. The number of hydrogen-bond donors (Lipinski definition) is 1. The number of fused-ring (bicyclic) bond motifs is 1. The smallest absolute Gasteiger partial charge is 0.220 e. The van der Waals surface area contributed by atoms with Gasteiger partial charge in [0.15, 0.2) is 0 Å². The Labute approximate surface area is 148 Å². The van der Waals surface area contributed by atoms with E-state index in [9.17, 15) is 4.79 Å². The topological polar surface area (TPSA) is 56.2 Å². The number of carbonyl (C=O) groups excluding carboxylic acids is 1. The van der Waals surface area contributed by atoms with Gasteiger partial charge in [0.1, 0.15) is 0 Å². The Hall–Kier alpha value is -2.14. The van der Waals surface area contributed by atoms with Gasteiger partial charge in [-0.3, -0.25) is 9.48 Å². The lowest BCUT2D eigenvalue weighted by molar-refractivity contribution is -0.123. The van der Waals surface area contributed by atoms with Gasteiger partial charge in [-0.2, -0.15) is 5.10 Å². The van der Waals surface area contributed by atoms with Crippen LogP contribution in [0.1, 0.15) is 58.9 Å². The highest BCUT2D eigenvalue weighted by molar-refractivity contribution is 5.77. The minimum Gasteiger partial charge on any atom is -0.376 e. The fraction of sp³-hybridized carbons (Fsp3) is 0.500. The van der Waals surface area contributed by atoms with Gasteiger partial charge in [0.25, 0.3) is 0 Å². The van der Waals surface area contributed by atoms with E-state index < -0.39 is 0 Å². The van der Waals surface area contributed by atoms with Crippen LogP contribution >= 0.6 is 0 Å². The van der Waals surface area contributed by atoms with E-state index in [-0.39, 0.29) is 11.9 Å². The molecule has 0 saturated carbocycles. The van der Waals surface area contributed by atoms with Crippen LogP contribution < -0.4 is 5.32 Å². The highest BCUT2D eigenvalue weighted by atomic mass is 16.5. The molecule has 1 saturated heterocycles. The predicted molar refractivity (Wildman–Crippen MR) is 95.3 cm³/mol. The fourth-order valence-electron chi connectivity index (χ4n) is 4.20. The number of ether oxygens (including phenoxy) is 1. The average Bonchev–Trinajstić information content (AvgIpc) is 2.89. The number of carbonyl (C=O) groups is 1. The van der Waals surface area contributed by atoms with Crippen LogP contribution in [0, 0.1) is 13.8 Å². The standard InChI is InChI=1S/C20H25N3O2/c1-13-20(18-7-4-8-19(24)21-18)14(2)23(22-13)11-15-5-3-6-16-12-25-10-9-17(15)16/h3,5-6,18H,4,7-12H2,1-2H3,(H,21,24). The van der Waals surface area contributed by atoms with Gasteiger partial charge in [0, 0.05) is 17.7 Å². The largest absolute Gasteiger partial charge is 0.376 e. The molecule has 1 amide bonds. The second-order valence-corrected chi connectivity index (χ2v) is 7.11. The van der Waals surface area contributed by atoms with E-state index >= 15 is 0 Å². The monoisotopic (exact) mass is 339 g/mol. The second-order valence-electron chi connectivity index (χ2n) is 7.11. The molecule has 2 aliphatic heterocycles. The van der Waals surface area contributed by atoms with Gasteiger partial charge in [-0.15, -0.1) is 0 Å². The number of piperidine rings is 1. The average molecular weight is 339 g/mol. The molecular weight excluding hydrogens is 314 g/mol.